The van der Waals surface area contributed by atoms with Crippen LogP contribution in [0.15, 0.2) is 59.8 Å². The summed E-state index contributed by atoms with van der Waals surface area (Å²) in [6.45, 7) is 4.66. The number of hydrogen-bond acceptors (Lipinski definition) is 4. The summed E-state index contributed by atoms with van der Waals surface area (Å²) in [5.41, 5.74) is 3.91. The van der Waals surface area contributed by atoms with Gasteiger partial charge in [-0.3, -0.25) is 4.79 Å². The van der Waals surface area contributed by atoms with E-state index in [0.717, 1.165) is 39.7 Å². The highest BCUT2D eigenvalue weighted by atomic mass is 32.2. The Bertz CT molecular complexity index is 1210. The van der Waals surface area contributed by atoms with Crippen molar-refractivity contribution in [3.8, 4) is 0 Å². The predicted molar refractivity (Wildman–Crippen MR) is 120 cm³/mol. The van der Waals surface area contributed by atoms with E-state index in [4.69, 9.17) is 0 Å². The number of rotatable bonds is 7. The van der Waals surface area contributed by atoms with Crippen molar-refractivity contribution in [1.82, 2.24) is 19.7 Å². The highest BCUT2D eigenvalue weighted by Crippen LogP contribution is 2.41. The first-order valence-electron chi connectivity index (χ1n) is 10.4. The van der Waals surface area contributed by atoms with Crippen molar-refractivity contribution >= 4 is 28.4 Å². The summed E-state index contributed by atoms with van der Waals surface area (Å²) in [7, 11) is 0. The Hall–Kier alpha value is -2.86. The molecule has 30 heavy (non-hydrogen) atoms. The summed E-state index contributed by atoms with van der Waals surface area (Å²) >= 11 is 1.50. The van der Waals surface area contributed by atoms with Gasteiger partial charge in [0.05, 0.1) is 11.8 Å². The Balaban J connectivity index is 1.44. The first kappa shape index (κ1) is 19.1. The number of nitrogens with one attached hydrogen (secondary N) is 1. The largest absolute Gasteiger partial charge is 0.358 e. The van der Waals surface area contributed by atoms with Crippen molar-refractivity contribution in [2.45, 2.75) is 49.6 Å². The second kappa shape index (κ2) is 7.76. The van der Waals surface area contributed by atoms with Crippen molar-refractivity contribution in [1.29, 1.82) is 0 Å². The normalized spacial score (nSPS) is 14.9. The number of H-pyrrole nitrogens is 1. The average Bonchev–Trinajstić information content (AvgIpc) is 3.44. The summed E-state index contributed by atoms with van der Waals surface area (Å²) in [6, 6.07) is 18.3. The molecule has 6 heteroatoms. The van der Waals surface area contributed by atoms with Crippen molar-refractivity contribution < 1.29 is 4.79 Å². The summed E-state index contributed by atoms with van der Waals surface area (Å²) in [4.78, 5) is 16.7. The third kappa shape index (κ3) is 3.56. The summed E-state index contributed by atoms with van der Waals surface area (Å²) < 4.78 is 2.20. The molecule has 152 valence electrons. The molecule has 0 spiro atoms. The van der Waals surface area contributed by atoms with Crippen LogP contribution in [0.1, 0.15) is 53.1 Å². The van der Waals surface area contributed by atoms with Crippen molar-refractivity contribution in [2.24, 2.45) is 0 Å². The molecule has 5 rings (SSSR count). The van der Waals surface area contributed by atoms with Crippen LogP contribution in [-0.4, -0.2) is 30.8 Å². The van der Waals surface area contributed by atoms with Crippen molar-refractivity contribution in [2.75, 3.05) is 0 Å². The summed E-state index contributed by atoms with van der Waals surface area (Å²) in [6.07, 6.45) is 2.33. The fourth-order valence-electron chi connectivity index (χ4n) is 3.95. The molecule has 0 amide bonds. The minimum absolute atomic E-state index is 0.122. The third-order valence-electron chi connectivity index (χ3n) is 5.66. The molecule has 0 aliphatic heterocycles. The van der Waals surface area contributed by atoms with Crippen LogP contribution < -0.4 is 0 Å². The zero-order valence-electron chi connectivity index (χ0n) is 17.1. The van der Waals surface area contributed by atoms with Crippen LogP contribution in [0.5, 0.6) is 0 Å². The molecule has 1 fully saturated rings. The number of hydrogen-bond donors (Lipinski definition) is 1. The molecule has 1 saturated carbocycles. The van der Waals surface area contributed by atoms with E-state index in [9.17, 15) is 4.79 Å². The lowest BCUT2D eigenvalue weighted by atomic mass is 10.1. The highest BCUT2D eigenvalue weighted by Gasteiger charge is 2.32. The number of aromatic nitrogens is 4. The second-order valence-corrected chi connectivity index (χ2v) is 9.29. The average molecular weight is 417 g/mol. The Morgan fingerprint density at radius 1 is 1.13 bits per heavy atom. The molecule has 0 unspecified atom stereocenters. The van der Waals surface area contributed by atoms with Gasteiger partial charge in [-0.1, -0.05) is 60.3 Å². The van der Waals surface area contributed by atoms with Crippen LogP contribution in [0.4, 0.5) is 0 Å². The first-order valence-corrected chi connectivity index (χ1v) is 11.2. The number of carbonyl (C=O) groups is 1. The number of nitrogens with zero attached hydrogens (tertiary/aromatic N) is 3. The van der Waals surface area contributed by atoms with Gasteiger partial charge in [0.1, 0.15) is 5.82 Å². The minimum Gasteiger partial charge on any atom is -0.358 e. The molecular weight excluding hydrogens is 392 g/mol. The Morgan fingerprint density at radius 2 is 1.87 bits per heavy atom. The third-order valence-corrected chi connectivity index (χ3v) is 6.74. The molecule has 1 atom stereocenters. The topological polar surface area (TPSA) is 63.6 Å². The first-order chi connectivity index (χ1) is 14.6. The minimum atomic E-state index is -0.256. The summed E-state index contributed by atoms with van der Waals surface area (Å²) in [5.74, 6) is 1.67. The maximum atomic E-state index is 13.4. The van der Waals surface area contributed by atoms with Gasteiger partial charge < -0.3 is 9.55 Å². The predicted octanol–water partition coefficient (Wildman–Crippen LogP) is 5.36. The van der Waals surface area contributed by atoms with E-state index in [1.165, 1.54) is 30.2 Å². The van der Waals surface area contributed by atoms with Crippen molar-refractivity contribution in [3.63, 3.8) is 0 Å². The molecule has 0 radical (unpaired) electrons. The number of para-hydroxylation sites is 1. The van der Waals surface area contributed by atoms with E-state index in [1.54, 1.807) is 0 Å². The van der Waals surface area contributed by atoms with E-state index in [-0.39, 0.29) is 11.0 Å². The van der Waals surface area contributed by atoms with Gasteiger partial charge in [0, 0.05) is 28.1 Å². The molecular formula is C24H24N4OS. The molecule has 0 bridgehead atoms. The number of fused-ring (bicyclic) bond motifs is 1. The Labute approximate surface area is 179 Å². The molecule has 2 heterocycles. The van der Waals surface area contributed by atoms with Gasteiger partial charge in [0.15, 0.2) is 10.9 Å². The lowest BCUT2D eigenvalue weighted by molar-refractivity contribution is 0.0995. The van der Waals surface area contributed by atoms with E-state index in [0.29, 0.717) is 5.92 Å². The molecule has 2 aromatic heterocycles. The van der Waals surface area contributed by atoms with Crippen molar-refractivity contribution in [3.05, 3.63) is 77.2 Å². The lowest BCUT2D eigenvalue weighted by Gasteiger charge is -2.13. The molecule has 5 nitrogen and oxygen atoms in total. The molecule has 4 aromatic rings. The van der Waals surface area contributed by atoms with Crippen LogP contribution >= 0.6 is 11.8 Å². The van der Waals surface area contributed by atoms with E-state index in [2.05, 4.69) is 44.0 Å². The van der Waals surface area contributed by atoms with Crippen LogP contribution in [0, 0.1) is 6.92 Å². The van der Waals surface area contributed by atoms with Gasteiger partial charge in [-0.05, 0) is 38.3 Å². The maximum absolute atomic E-state index is 13.4. The molecule has 1 aliphatic rings. The Morgan fingerprint density at radius 3 is 2.63 bits per heavy atom. The Kier molecular flexibility index (Phi) is 4.95. The van der Waals surface area contributed by atoms with E-state index in [1.807, 2.05) is 44.2 Å². The SMILES string of the molecule is Cc1[nH]c2ccccc2c1C(=O)[C@H](C)Sc1nnc(C2CC2)n1Cc1ccccc1. The van der Waals surface area contributed by atoms with Gasteiger partial charge in [0.2, 0.25) is 0 Å². The second-order valence-electron chi connectivity index (χ2n) is 7.98. The fourth-order valence-corrected chi connectivity index (χ4v) is 4.87. The number of Topliss-reactive ketones (excluding diaryl/α,β-unsaturated/α-hetero) is 1. The fraction of sp³-hybridized carbons (Fsp3) is 0.292. The standard InChI is InChI=1S/C24H24N4OS/c1-15-21(19-10-6-7-11-20(19)25-15)22(29)16(2)30-24-27-26-23(18-12-13-18)28(24)14-17-8-4-3-5-9-17/h3-11,16,18,25H,12-14H2,1-2H3/t16-/m0/s1. The van der Waals surface area contributed by atoms with Gasteiger partial charge in [0.25, 0.3) is 0 Å². The zero-order chi connectivity index (χ0) is 20.7. The monoisotopic (exact) mass is 416 g/mol. The van der Waals surface area contributed by atoms with Gasteiger partial charge in [-0.2, -0.15) is 0 Å². The maximum Gasteiger partial charge on any atom is 0.192 e. The number of ketones is 1. The molecule has 1 aliphatic carbocycles. The van der Waals surface area contributed by atoms with Crippen LogP contribution in [0.3, 0.4) is 0 Å². The van der Waals surface area contributed by atoms with Crippen LogP contribution in [-0.2, 0) is 6.54 Å². The van der Waals surface area contributed by atoms with E-state index >= 15 is 0 Å². The number of carbonyl (C=O) groups excluding carboxylic acids is 1. The highest BCUT2D eigenvalue weighted by molar-refractivity contribution is 8.00. The molecule has 2 aromatic carbocycles. The smallest absolute Gasteiger partial charge is 0.192 e. The zero-order valence-corrected chi connectivity index (χ0v) is 17.9. The van der Waals surface area contributed by atoms with Crippen LogP contribution in [0.2, 0.25) is 0 Å². The lowest BCUT2D eigenvalue weighted by Crippen LogP contribution is -2.16. The quantitative estimate of drug-likeness (QED) is 0.325. The number of aryl methyl sites for hydroxylation is 1. The van der Waals surface area contributed by atoms with Gasteiger partial charge in [-0.25, -0.2) is 0 Å². The number of aromatic amines is 1. The molecule has 1 N–H and O–H groups in total. The number of benzene rings is 2. The van der Waals surface area contributed by atoms with Crippen LogP contribution in [0.25, 0.3) is 10.9 Å². The van der Waals surface area contributed by atoms with E-state index < -0.39 is 0 Å². The molecule has 0 saturated heterocycles. The van der Waals surface area contributed by atoms with Gasteiger partial charge >= 0.3 is 0 Å². The van der Waals surface area contributed by atoms with Gasteiger partial charge in [-0.15, -0.1) is 10.2 Å². The summed E-state index contributed by atoms with van der Waals surface area (Å²) in [5, 5.41) is 10.5. The number of thioether (sulfide) groups is 1.